The Bertz CT molecular complexity index is 977. The van der Waals surface area contributed by atoms with Gasteiger partial charge in [0.25, 0.3) is 5.91 Å². The Morgan fingerprint density at radius 1 is 1.13 bits per heavy atom. The summed E-state index contributed by atoms with van der Waals surface area (Å²) in [4.78, 5) is 13.0. The lowest BCUT2D eigenvalue weighted by atomic mass is 10.0. The van der Waals surface area contributed by atoms with Crippen molar-refractivity contribution >= 4 is 23.4 Å². The number of ether oxygens (including phenoxy) is 2. The maximum Gasteiger partial charge on any atom is 0.280 e. The molecule has 1 heterocycles. The molecular weight excluding hydrogens is 376 g/mol. The summed E-state index contributed by atoms with van der Waals surface area (Å²) >= 11 is 0. The van der Waals surface area contributed by atoms with E-state index < -0.39 is 0 Å². The van der Waals surface area contributed by atoms with Crippen molar-refractivity contribution in [2.75, 3.05) is 18.2 Å². The van der Waals surface area contributed by atoms with E-state index in [9.17, 15) is 4.79 Å². The molecule has 0 aliphatic carbocycles. The molecule has 2 aromatic rings. The minimum Gasteiger partial charge on any atom is -0.490 e. The van der Waals surface area contributed by atoms with Gasteiger partial charge in [0.2, 0.25) is 0 Å². The average Bonchev–Trinajstić information content (AvgIpc) is 3.02. The fraction of sp³-hybridized carbons (Fsp3) is 0.280. The summed E-state index contributed by atoms with van der Waals surface area (Å²) in [6.07, 6.45) is 5.26. The zero-order chi connectivity index (χ0) is 21.5. The molecule has 0 fully saturated rings. The van der Waals surface area contributed by atoms with Gasteiger partial charge in [-0.3, -0.25) is 4.79 Å². The van der Waals surface area contributed by atoms with Crippen molar-refractivity contribution in [1.82, 2.24) is 0 Å². The van der Waals surface area contributed by atoms with Crippen LogP contribution in [0.5, 0.6) is 11.5 Å². The number of hydrogen-bond donors (Lipinski definition) is 0. The Morgan fingerprint density at radius 2 is 1.90 bits per heavy atom. The van der Waals surface area contributed by atoms with Gasteiger partial charge in [-0.15, -0.1) is 6.58 Å². The van der Waals surface area contributed by atoms with E-state index in [2.05, 4.69) is 18.6 Å². The quantitative estimate of drug-likeness (QED) is 0.415. The summed E-state index contributed by atoms with van der Waals surface area (Å²) in [6.45, 7) is 10.9. The first-order valence-corrected chi connectivity index (χ1v) is 10.3. The van der Waals surface area contributed by atoms with Gasteiger partial charge in [-0.25, -0.2) is 0 Å². The predicted octanol–water partition coefficient (Wildman–Crippen LogP) is 5.41. The lowest BCUT2D eigenvalue weighted by molar-refractivity contribution is -0.114. The standard InChI is InChI=1S/C25H28N2O3/c1-5-11-20-15-19(17-23(29-7-3)24(20)30-14-6-2)16-22-18(4)26-27(25(22)28)21-12-9-8-10-13-21/h5,8-10,12-13,15-17H,1,6-7,11,14H2,2-4H3/b22-16+. The van der Waals surface area contributed by atoms with Crippen molar-refractivity contribution in [3.05, 3.63) is 71.8 Å². The number of hydrazone groups is 1. The molecule has 0 aromatic heterocycles. The number of para-hydroxylation sites is 1. The van der Waals surface area contributed by atoms with Crippen LogP contribution in [-0.2, 0) is 11.2 Å². The maximum atomic E-state index is 13.0. The molecule has 0 N–H and O–H groups in total. The van der Waals surface area contributed by atoms with E-state index in [0.29, 0.717) is 36.7 Å². The second-order valence-corrected chi connectivity index (χ2v) is 6.98. The summed E-state index contributed by atoms with van der Waals surface area (Å²) in [5, 5.41) is 5.89. The van der Waals surface area contributed by atoms with Crippen molar-refractivity contribution in [3.63, 3.8) is 0 Å². The van der Waals surface area contributed by atoms with Crippen LogP contribution in [0.3, 0.4) is 0 Å². The summed E-state index contributed by atoms with van der Waals surface area (Å²) in [6, 6.07) is 13.4. The normalized spacial score (nSPS) is 14.8. The van der Waals surface area contributed by atoms with E-state index in [4.69, 9.17) is 9.47 Å². The van der Waals surface area contributed by atoms with Gasteiger partial charge < -0.3 is 9.47 Å². The van der Waals surface area contributed by atoms with E-state index in [1.54, 1.807) is 0 Å². The Kier molecular flexibility index (Phi) is 7.07. The molecule has 0 radical (unpaired) electrons. The van der Waals surface area contributed by atoms with Crippen LogP contribution in [-0.4, -0.2) is 24.8 Å². The highest BCUT2D eigenvalue weighted by Gasteiger charge is 2.28. The Labute approximate surface area is 178 Å². The maximum absolute atomic E-state index is 13.0. The molecule has 0 atom stereocenters. The first-order chi connectivity index (χ1) is 14.6. The number of rotatable bonds is 9. The van der Waals surface area contributed by atoms with Gasteiger partial charge in [-0.05, 0) is 62.6 Å². The molecule has 0 saturated carbocycles. The zero-order valence-corrected chi connectivity index (χ0v) is 17.9. The summed E-state index contributed by atoms with van der Waals surface area (Å²) in [5.41, 5.74) is 3.84. The molecule has 0 unspecified atom stereocenters. The van der Waals surface area contributed by atoms with Crippen molar-refractivity contribution in [2.24, 2.45) is 5.10 Å². The van der Waals surface area contributed by atoms with Crippen LogP contribution in [0.15, 0.2) is 65.8 Å². The van der Waals surface area contributed by atoms with Crippen molar-refractivity contribution < 1.29 is 14.3 Å². The van der Waals surface area contributed by atoms with Gasteiger partial charge in [0.15, 0.2) is 11.5 Å². The number of carbonyl (C=O) groups excluding carboxylic acids is 1. The van der Waals surface area contributed by atoms with Crippen LogP contribution in [0, 0.1) is 0 Å². The van der Waals surface area contributed by atoms with Crippen molar-refractivity contribution in [2.45, 2.75) is 33.6 Å². The van der Waals surface area contributed by atoms with E-state index in [-0.39, 0.29) is 5.91 Å². The smallest absolute Gasteiger partial charge is 0.280 e. The molecule has 156 valence electrons. The van der Waals surface area contributed by atoms with Crippen molar-refractivity contribution in [3.8, 4) is 11.5 Å². The number of nitrogens with zero attached hydrogens (tertiary/aromatic N) is 2. The minimum absolute atomic E-state index is 0.145. The molecule has 1 aliphatic heterocycles. The summed E-state index contributed by atoms with van der Waals surface area (Å²) < 4.78 is 11.8. The highest BCUT2D eigenvalue weighted by molar-refractivity contribution is 6.32. The number of anilines is 1. The molecule has 0 bridgehead atoms. The molecular formula is C25H28N2O3. The highest BCUT2D eigenvalue weighted by atomic mass is 16.5. The van der Waals surface area contributed by atoms with Gasteiger partial charge in [0, 0.05) is 5.56 Å². The van der Waals surface area contributed by atoms with Gasteiger partial charge >= 0.3 is 0 Å². The summed E-state index contributed by atoms with van der Waals surface area (Å²) in [5.74, 6) is 1.28. The molecule has 1 aliphatic rings. The van der Waals surface area contributed by atoms with Crippen LogP contribution >= 0.6 is 0 Å². The Morgan fingerprint density at radius 3 is 2.57 bits per heavy atom. The topological polar surface area (TPSA) is 51.1 Å². The Balaban J connectivity index is 2.00. The zero-order valence-electron chi connectivity index (χ0n) is 17.9. The second kappa shape index (κ2) is 9.92. The monoisotopic (exact) mass is 404 g/mol. The molecule has 0 saturated heterocycles. The third kappa shape index (κ3) is 4.62. The number of hydrogen-bond acceptors (Lipinski definition) is 4. The number of allylic oxidation sites excluding steroid dienone is 1. The van der Waals surface area contributed by atoms with Crippen LogP contribution in [0.1, 0.15) is 38.3 Å². The van der Waals surface area contributed by atoms with Crippen LogP contribution < -0.4 is 14.5 Å². The summed E-state index contributed by atoms with van der Waals surface area (Å²) in [7, 11) is 0. The lowest BCUT2D eigenvalue weighted by Gasteiger charge is -2.16. The third-order valence-corrected chi connectivity index (χ3v) is 4.64. The van der Waals surface area contributed by atoms with Gasteiger partial charge in [-0.1, -0.05) is 31.2 Å². The van der Waals surface area contributed by atoms with Crippen LogP contribution in [0.25, 0.3) is 6.08 Å². The lowest BCUT2D eigenvalue weighted by Crippen LogP contribution is -2.21. The SMILES string of the molecule is C=CCc1cc(/C=C2/C(=O)N(c3ccccc3)N=C2C)cc(OCC)c1OCCC. The molecule has 0 spiro atoms. The largest absolute Gasteiger partial charge is 0.490 e. The number of benzene rings is 2. The van der Waals surface area contributed by atoms with E-state index in [1.165, 1.54) is 5.01 Å². The predicted molar refractivity (Wildman–Crippen MR) is 122 cm³/mol. The minimum atomic E-state index is -0.145. The molecule has 5 nitrogen and oxygen atoms in total. The number of carbonyl (C=O) groups is 1. The number of amides is 1. The fourth-order valence-electron chi connectivity index (χ4n) is 3.30. The fourth-order valence-corrected chi connectivity index (χ4v) is 3.30. The first kappa shape index (κ1) is 21.4. The van der Waals surface area contributed by atoms with Crippen molar-refractivity contribution in [1.29, 1.82) is 0 Å². The van der Waals surface area contributed by atoms with E-state index in [1.807, 2.05) is 68.5 Å². The van der Waals surface area contributed by atoms with Crippen LogP contribution in [0.4, 0.5) is 5.69 Å². The van der Waals surface area contributed by atoms with Gasteiger partial charge in [0.1, 0.15) is 0 Å². The third-order valence-electron chi connectivity index (χ3n) is 4.64. The first-order valence-electron chi connectivity index (χ1n) is 10.3. The molecule has 1 amide bonds. The van der Waals surface area contributed by atoms with E-state index >= 15 is 0 Å². The van der Waals surface area contributed by atoms with E-state index in [0.717, 1.165) is 29.0 Å². The average molecular weight is 405 g/mol. The van der Waals surface area contributed by atoms with Gasteiger partial charge in [0.05, 0.1) is 30.2 Å². The highest BCUT2D eigenvalue weighted by Crippen LogP contribution is 2.35. The Hall–Kier alpha value is -3.34. The molecule has 2 aromatic carbocycles. The molecule has 30 heavy (non-hydrogen) atoms. The molecule has 3 rings (SSSR count). The second-order valence-electron chi connectivity index (χ2n) is 6.98. The van der Waals surface area contributed by atoms with Gasteiger partial charge in [-0.2, -0.15) is 10.1 Å². The molecule has 5 heteroatoms. The van der Waals surface area contributed by atoms with Crippen LogP contribution in [0.2, 0.25) is 0 Å².